The monoisotopic (exact) mass is 302 g/mol. The van der Waals surface area contributed by atoms with Crippen LogP contribution in [0.2, 0.25) is 0 Å². The van der Waals surface area contributed by atoms with E-state index in [9.17, 15) is 9.59 Å². The van der Waals surface area contributed by atoms with E-state index in [1.165, 1.54) is 13.2 Å². The lowest BCUT2D eigenvalue weighted by Gasteiger charge is -2.04. The number of benzene rings is 1. The van der Waals surface area contributed by atoms with Crippen molar-refractivity contribution in [2.24, 2.45) is 0 Å². The van der Waals surface area contributed by atoms with Crippen LogP contribution in [0, 0.1) is 0 Å². The van der Waals surface area contributed by atoms with Crippen LogP contribution in [0.15, 0.2) is 47.9 Å². The minimum atomic E-state index is -0.450. The molecule has 0 amide bonds. The number of allylic oxidation sites excluding steroid dienone is 1. The Morgan fingerprint density at radius 2 is 1.95 bits per heavy atom. The lowest BCUT2D eigenvalue weighted by molar-refractivity contribution is -0.142. The molecule has 0 fully saturated rings. The van der Waals surface area contributed by atoms with E-state index in [2.05, 4.69) is 4.74 Å². The van der Waals surface area contributed by atoms with E-state index in [1.54, 1.807) is 41.7 Å². The molecule has 1 heterocycles. The van der Waals surface area contributed by atoms with Gasteiger partial charge in [0.05, 0.1) is 7.11 Å². The normalized spacial score (nSPS) is 10.5. The number of carbonyl (C=O) groups is 2. The topological polar surface area (TPSA) is 52.6 Å². The van der Waals surface area contributed by atoms with Crippen molar-refractivity contribution in [3.8, 4) is 5.75 Å². The highest BCUT2D eigenvalue weighted by Crippen LogP contribution is 2.15. The maximum Gasteiger partial charge on any atom is 0.343 e. The summed E-state index contributed by atoms with van der Waals surface area (Å²) in [6.07, 6.45) is 3.32. The molecule has 1 aromatic heterocycles. The van der Waals surface area contributed by atoms with Crippen LogP contribution in [0.25, 0.3) is 6.08 Å². The zero-order valence-electron chi connectivity index (χ0n) is 11.4. The second-order valence-corrected chi connectivity index (χ2v) is 5.08. The molecule has 0 spiro atoms. The lowest BCUT2D eigenvalue weighted by Crippen LogP contribution is -2.12. The van der Waals surface area contributed by atoms with Crippen molar-refractivity contribution in [1.29, 1.82) is 0 Å². The summed E-state index contributed by atoms with van der Waals surface area (Å²) in [4.78, 5) is 23.9. The Bertz CT molecular complexity index is 627. The van der Waals surface area contributed by atoms with Gasteiger partial charge in [0, 0.05) is 10.4 Å². The van der Waals surface area contributed by atoms with E-state index in [0.29, 0.717) is 11.3 Å². The molecule has 2 aromatic rings. The average Bonchev–Trinajstić information content (AvgIpc) is 3.04. The van der Waals surface area contributed by atoms with E-state index in [-0.39, 0.29) is 12.4 Å². The fourth-order valence-corrected chi connectivity index (χ4v) is 2.17. The third kappa shape index (κ3) is 4.57. The van der Waals surface area contributed by atoms with Gasteiger partial charge in [-0.1, -0.05) is 6.07 Å². The number of hydrogen-bond acceptors (Lipinski definition) is 5. The van der Waals surface area contributed by atoms with Crippen LogP contribution in [-0.4, -0.2) is 25.5 Å². The van der Waals surface area contributed by atoms with Crippen molar-refractivity contribution >= 4 is 29.2 Å². The fraction of sp³-hybridized carbons (Fsp3) is 0.125. The van der Waals surface area contributed by atoms with Gasteiger partial charge in [-0.25, -0.2) is 4.79 Å². The number of carbonyl (C=O) groups excluding carboxylic acids is 2. The zero-order chi connectivity index (χ0) is 15.1. The molecule has 2 rings (SSSR count). The third-order valence-electron chi connectivity index (χ3n) is 2.67. The van der Waals surface area contributed by atoms with Gasteiger partial charge in [-0.3, -0.25) is 4.79 Å². The molecule has 0 N–H and O–H groups in total. The SMILES string of the molecule is COC(=O)COc1ccc(C(=O)/C=C/c2cccs2)cc1. The first-order valence-corrected chi connectivity index (χ1v) is 7.12. The number of ketones is 1. The van der Waals surface area contributed by atoms with Crippen molar-refractivity contribution in [3.05, 3.63) is 58.3 Å². The molecular weight excluding hydrogens is 288 g/mol. The van der Waals surface area contributed by atoms with Gasteiger partial charge in [0.25, 0.3) is 0 Å². The van der Waals surface area contributed by atoms with E-state index >= 15 is 0 Å². The standard InChI is InChI=1S/C16H14O4S/c1-19-16(18)11-20-13-6-4-12(5-7-13)15(17)9-8-14-3-2-10-21-14/h2-10H,11H2,1H3/b9-8+. The minimum Gasteiger partial charge on any atom is -0.482 e. The number of thiophene rings is 1. The van der Waals surface area contributed by atoms with E-state index in [1.807, 2.05) is 17.5 Å². The number of esters is 1. The summed E-state index contributed by atoms with van der Waals surface area (Å²) in [6.45, 7) is -0.151. The molecule has 4 nitrogen and oxygen atoms in total. The number of rotatable bonds is 6. The summed E-state index contributed by atoms with van der Waals surface area (Å²) in [7, 11) is 1.30. The molecule has 1 aromatic carbocycles. The van der Waals surface area contributed by atoms with Gasteiger partial charge in [0.1, 0.15) is 5.75 Å². The first kappa shape index (κ1) is 15.0. The predicted molar refractivity (Wildman–Crippen MR) is 81.6 cm³/mol. The van der Waals surface area contributed by atoms with E-state index < -0.39 is 5.97 Å². The van der Waals surface area contributed by atoms with Crippen molar-refractivity contribution < 1.29 is 19.1 Å². The van der Waals surface area contributed by atoms with Gasteiger partial charge >= 0.3 is 5.97 Å². The van der Waals surface area contributed by atoms with Gasteiger partial charge in [-0.15, -0.1) is 11.3 Å². The van der Waals surface area contributed by atoms with Crippen LogP contribution >= 0.6 is 11.3 Å². The smallest absolute Gasteiger partial charge is 0.343 e. The molecule has 5 heteroatoms. The van der Waals surface area contributed by atoms with E-state index in [4.69, 9.17) is 4.74 Å². The van der Waals surface area contributed by atoms with Gasteiger partial charge in [0.2, 0.25) is 0 Å². The summed E-state index contributed by atoms with van der Waals surface area (Å²) in [5.41, 5.74) is 0.563. The van der Waals surface area contributed by atoms with Crippen LogP contribution in [0.4, 0.5) is 0 Å². The highest BCUT2D eigenvalue weighted by atomic mass is 32.1. The molecule has 0 aliphatic carbocycles. The first-order chi connectivity index (χ1) is 10.2. The Hall–Kier alpha value is -2.40. The maximum absolute atomic E-state index is 12.0. The predicted octanol–water partition coefficient (Wildman–Crippen LogP) is 3.20. The van der Waals surface area contributed by atoms with Crippen LogP contribution in [0.3, 0.4) is 0 Å². The van der Waals surface area contributed by atoms with Crippen LogP contribution < -0.4 is 4.74 Å². The molecule has 0 unspecified atom stereocenters. The Balaban J connectivity index is 1.95. The molecule has 108 valence electrons. The summed E-state index contributed by atoms with van der Waals surface area (Å²) in [5, 5.41) is 1.96. The number of methoxy groups -OCH3 is 1. The van der Waals surface area contributed by atoms with Gasteiger partial charge in [0.15, 0.2) is 12.4 Å². The molecule has 0 saturated heterocycles. The second kappa shape index (κ2) is 7.40. The summed E-state index contributed by atoms with van der Waals surface area (Å²) in [6, 6.07) is 10.5. The summed E-state index contributed by atoms with van der Waals surface area (Å²) < 4.78 is 9.69. The summed E-state index contributed by atoms with van der Waals surface area (Å²) in [5.74, 6) is -0.0175. The molecule has 0 atom stereocenters. The van der Waals surface area contributed by atoms with Gasteiger partial charge in [-0.05, 0) is 47.9 Å². The highest BCUT2D eigenvalue weighted by molar-refractivity contribution is 7.10. The Labute approximate surface area is 126 Å². The molecule has 0 aliphatic rings. The number of hydrogen-bond donors (Lipinski definition) is 0. The lowest BCUT2D eigenvalue weighted by atomic mass is 10.1. The number of ether oxygens (including phenoxy) is 2. The largest absolute Gasteiger partial charge is 0.482 e. The minimum absolute atomic E-state index is 0.0806. The molecule has 0 bridgehead atoms. The van der Waals surface area contributed by atoms with Gasteiger partial charge < -0.3 is 9.47 Å². The molecule has 0 aliphatic heterocycles. The quantitative estimate of drug-likeness (QED) is 0.467. The van der Waals surface area contributed by atoms with Crippen molar-refractivity contribution in [3.63, 3.8) is 0 Å². The van der Waals surface area contributed by atoms with Crippen molar-refractivity contribution in [1.82, 2.24) is 0 Å². The highest BCUT2D eigenvalue weighted by Gasteiger charge is 2.04. The van der Waals surface area contributed by atoms with Gasteiger partial charge in [-0.2, -0.15) is 0 Å². The Morgan fingerprint density at radius 1 is 1.19 bits per heavy atom. The average molecular weight is 302 g/mol. The first-order valence-electron chi connectivity index (χ1n) is 6.24. The molecule has 21 heavy (non-hydrogen) atoms. The van der Waals surface area contributed by atoms with E-state index in [0.717, 1.165) is 4.88 Å². The molecule has 0 radical (unpaired) electrons. The summed E-state index contributed by atoms with van der Waals surface area (Å²) >= 11 is 1.57. The molecular formula is C16H14O4S. The fourth-order valence-electron chi connectivity index (χ4n) is 1.56. The van der Waals surface area contributed by atoms with Crippen LogP contribution in [-0.2, 0) is 9.53 Å². The second-order valence-electron chi connectivity index (χ2n) is 4.10. The van der Waals surface area contributed by atoms with Crippen molar-refractivity contribution in [2.75, 3.05) is 13.7 Å². The Morgan fingerprint density at radius 3 is 2.57 bits per heavy atom. The zero-order valence-corrected chi connectivity index (χ0v) is 12.3. The van der Waals surface area contributed by atoms with Crippen LogP contribution in [0.5, 0.6) is 5.75 Å². The third-order valence-corrected chi connectivity index (χ3v) is 3.50. The van der Waals surface area contributed by atoms with Crippen LogP contribution in [0.1, 0.15) is 15.2 Å². The Kier molecular flexibility index (Phi) is 5.29. The van der Waals surface area contributed by atoms with Crippen molar-refractivity contribution in [2.45, 2.75) is 0 Å². The maximum atomic E-state index is 12.0. The molecule has 0 saturated carbocycles.